The van der Waals surface area contributed by atoms with Crippen molar-refractivity contribution in [2.24, 2.45) is 0 Å². The van der Waals surface area contributed by atoms with Crippen LogP contribution in [-0.4, -0.2) is 16.0 Å². The fourth-order valence-corrected chi connectivity index (χ4v) is 2.58. The predicted molar refractivity (Wildman–Crippen MR) is 85.7 cm³/mol. The average Bonchev–Trinajstić information content (AvgIpc) is 3.18. The standard InChI is InChI=1S/C16H15N3O2S/c1-11-2-4-13(5-3-11)17-14(20)6-7-15-18-16(19-21-15)12-8-9-22-10-12/h2-5,8-10H,6-7H2,1H3,(H,17,20). The third-order valence-electron chi connectivity index (χ3n) is 3.15. The summed E-state index contributed by atoms with van der Waals surface area (Å²) < 4.78 is 5.17. The topological polar surface area (TPSA) is 68.0 Å². The fourth-order valence-electron chi connectivity index (χ4n) is 1.95. The maximum Gasteiger partial charge on any atom is 0.227 e. The normalized spacial score (nSPS) is 10.6. The van der Waals surface area contributed by atoms with E-state index in [1.165, 1.54) is 0 Å². The molecule has 0 atom stereocenters. The van der Waals surface area contributed by atoms with Gasteiger partial charge in [-0.1, -0.05) is 22.9 Å². The van der Waals surface area contributed by atoms with Crippen molar-refractivity contribution in [2.45, 2.75) is 19.8 Å². The molecule has 5 nitrogen and oxygen atoms in total. The van der Waals surface area contributed by atoms with Crippen LogP contribution in [0.15, 0.2) is 45.6 Å². The second-order valence-electron chi connectivity index (χ2n) is 4.94. The van der Waals surface area contributed by atoms with E-state index in [-0.39, 0.29) is 5.91 Å². The maximum atomic E-state index is 11.9. The minimum atomic E-state index is -0.0702. The van der Waals surface area contributed by atoms with Gasteiger partial charge >= 0.3 is 0 Å². The largest absolute Gasteiger partial charge is 0.339 e. The van der Waals surface area contributed by atoms with Crippen LogP contribution in [0.2, 0.25) is 0 Å². The number of rotatable bonds is 5. The Bertz CT molecular complexity index is 748. The summed E-state index contributed by atoms with van der Waals surface area (Å²) in [5, 5.41) is 10.7. The Kier molecular flexibility index (Phi) is 4.29. The number of benzene rings is 1. The Balaban J connectivity index is 1.54. The summed E-state index contributed by atoms with van der Waals surface area (Å²) in [5.41, 5.74) is 2.88. The Hall–Kier alpha value is -2.47. The summed E-state index contributed by atoms with van der Waals surface area (Å²) >= 11 is 1.58. The van der Waals surface area contributed by atoms with Crippen molar-refractivity contribution >= 4 is 22.9 Å². The first-order valence-electron chi connectivity index (χ1n) is 6.92. The lowest BCUT2D eigenvalue weighted by atomic mass is 10.2. The second-order valence-corrected chi connectivity index (χ2v) is 5.72. The van der Waals surface area contributed by atoms with Gasteiger partial charge in [-0.2, -0.15) is 16.3 Å². The van der Waals surface area contributed by atoms with Crippen LogP contribution in [0.25, 0.3) is 11.4 Å². The molecule has 0 saturated heterocycles. The van der Waals surface area contributed by atoms with Gasteiger partial charge in [0, 0.05) is 29.5 Å². The molecule has 1 N–H and O–H groups in total. The van der Waals surface area contributed by atoms with E-state index in [4.69, 9.17) is 4.52 Å². The van der Waals surface area contributed by atoms with E-state index in [0.717, 1.165) is 16.8 Å². The molecule has 0 fully saturated rings. The maximum absolute atomic E-state index is 11.9. The third-order valence-corrected chi connectivity index (χ3v) is 3.83. The van der Waals surface area contributed by atoms with E-state index in [9.17, 15) is 4.79 Å². The van der Waals surface area contributed by atoms with E-state index in [1.807, 2.05) is 48.0 Å². The van der Waals surface area contributed by atoms with Crippen molar-refractivity contribution in [2.75, 3.05) is 5.32 Å². The highest BCUT2D eigenvalue weighted by molar-refractivity contribution is 7.08. The highest BCUT2D eigenvalue weighted by Crippen LogP contribution is 2.19. The first kappa shape index (κ1) is 14.5. The molecular weight excluding hydrogens is 298 g/mol. The number of thiophene rings is 1. The number of carbonyl (C=O) groups is 1. The molecule has 6 heteroatoms. The van der Waals surface area contributed by atoms with Gasteiger partial charge in [0.15, 0.2) is 0 Å². The van der Waals surface area contributed by atoms with Crippen molar-refractivity contribution in [3.63, 3.8) is 0 Å². The summed E-state index contributed by atoms with van der Waals surface area (Å²) in [4.78, 5) is 16.2. The summed E-state index contributed by atoms with van der Waals surface area (Å²) in [6, 6.07) is 9.62. The molecule has 3 rings (SSSR count). The second kappa shape index (κ2) is 6.53. The van der Waals surface area contributed by atoms with Crippen LogP contribution in [0, 0.1) is 6.92 Å². The van der Waals surface area contributed by atoms with Crippen molar-refractivity contribution < 1.29 is 9.32 Å². The summed E-state index contributed by atoms with van der Waals surface area (Å²) in [6.07, 6.45) is 0.730. The Morgan fingerprint density at radius 2 is 2.09 bits per heavy atom. The van der Waals surface area contributed by atoms with Gasteiger partial charge in [-0.05, 0) is 30.5 Å². The van der Waals surface area contributed by atoms with Crippen LogP contribution in [-0.2, 0) is 11.2 Å². The van der Waals surface area contributed by atoms with Gasteiger partial charge < -0.3 is 9.84 Å². The highest BCUT2D eigenvalue weighted by atomic mass is 32.1. The summed E-state index contributed by atoms with van der Waals surface area (Å²) in [7, 11) is 0. The molecule has 2 aromatic heterocycles. The molecule has 0 unspecified atom stereocenters. The molecule has 0 aliphatic heterocycles. The molecule has 1 aromatic carbocycles. The fraction of sp³-hybridized carbons (Fsp3) is 0.188. The monoisotopic (exact) mass is 313 g/mol. The highest BCUT2D eigenvalue weighted by Gasteiger charge is 2.11. The zero-order valence-electron chi connectivity index (χ0n) is 12.1. The van der Waals surface area contributed by atoms with Gasteiger partial charge in [0.25, 0.3) is 0 Å². The minimum absolute atomic E-state index is 0.0702. The first-order chi connectivity index (χ1) is 10.7. The number of carbonyl (C=O) groups excluding carboxylic acids is 1. The molecule has 112 valence electrons. The Morgan fingerprint density at radius 3 is 2.82 bits per heavy atom. The number of amides is 1. The van der Waals surface area contributed by atoms with E-state index < -0.39 is 0 Å². The summed E-state index contributed by atoms with van der Waals surface area (Å²) in [6.45, 7) is 2.01. The molecule has 0 spiro atoms. The zero-order valence-corrected chi connectivity index (χ0v) is 12.9. The predicted octanol–water partition coefficient (Wildman–Crippen LogP) is 3.68. The van der Waals surface area contributed by atoms with Crippen LogP contribution in [0.1, 0.15) is 17.9 Å². The number of hydrogen-bond acceptors (Lipinski definition) is 5. The lowest BCUT2D eigenvalue weighted by Gasteiger charge is -2.04. The minimum Gasteiger partial charge on any atom is -0.339 e. The van der Waals surface area contributed by atoms with Gasteiger partial charge in [-0.25, -0.2) is 0 Å². The molecule has 0 aliphatic rings. The molecule has 3 aromatic rings. The van der Waals surface area contributed by atoms with Gasteiger partial charge in [0.05, 0.1) is 0 Å². The van der Waals surface area contributed by atoms with Crippen molar-refractivity contribution in [1.29, 1.82) is 0 Å². The van der Waals surface area contributed by atoms with Crippen molar-refractivity contribution in [3.05, 3.63) is 52.5 Å². The molecule has 0 aliphatic carbocycles. The number of nitrogens with one attached hydrogen (secondary N) is 1. The molecule has 0 bridgehead atoms. The first-order valence-corrected chi connectivity index (χ1v) is 7.87. The van der Waals surface area contributed by atoms with Crippen LogP contribution < -0.4 is 5.32 Å². The van der Waals surface area contributed by atoms with Crippen molar-refractivity contribution in [1.82, 2.24) is 10.1 Å². The Labute approximate surface area is 132 Å². The van der Waals surface area contributed by atoms with Crippen LogP contribution in [0.3, 0.4) is 0 Å². The van der Waals surface area contributed by atoms with E-state index in [1.54, 1.807) is 11.3 Å². The molecule has 0 radical (unpaired) electrons. The van der Waals surface area contributed by atoms with Crippen LogP contribution in [0.4, 0.5) is 5.69 Å². The van der Waals surface area contributed by atoms with Gasteiger partial charge in [0.1, 0.15) is 0 Å². The smallest absolute Gasteiger partial charge is 0.227 e. The van der Waals surface area contributed by atoms with Crippen molar-refractivity contribution in [3.8, 4) is 11.4 Å². The van der Waals surface area contributed by atoms with E-state index in [2.05, 4.69) is 15.5 Å². The van der Waals surface area contributed by atoms with Gasteiger partial charge in [-0.3, -0.25) is 4.79 Å². The Morgan fingerprint density at radius 1 is 1.27 bits per heavy atom. The zero-order chi connectivity index (χ0) is 15.4. The van der Waals surface area contributed by atoms with E-state index in [0.29, 0.717) is 24.6 Å². The number of anilines is 1. The number of aromatic nitrogens is 2. The van der Waals surface area contributed by atoms with Crippen LogP contribution in [0.5, 0.6) is 0 Å². The lowest BCUT2D eigenvalue weighted by Crippen LogP contribution is -2.12. The molecule has 0 saturated carbocycles. The van der Waals surface area contributed by atoms with Gasteiger partial charge in [-0.15, -0.1) is 0 Å². The average molecular weight is 313 g/mol. The quantitative estimate of drug-likeness (QED) is 0.780. The third kappa shape index (κ3) is 3.59. The SMILES string of the molecule is Cc1ccc(NC(=O)CCc2nc(-c3ccsc3)no2)cc1. The van der Waals surface area contributed by atoms with E-state index >= 15 is 0 Å². The number of nitrogens with zero attached hydrogens (tertiary/aromatic N) is 2. The van der Waals surface area contributed by atoms with Crippen LogP contribution >= 0.6 is 11.3 Å². The summed E-state index contributed by atoms with van der Waals surface area (Å²) in [5.74, 6) is 0.967. The number of aryl methyl sites for hydroxylation is 2. The molecular formula is C16H15N3O2S. The lowest BCUT2D eigenvalue weighted by molar-refractivity contribution is -0.116. The molecule has 22 heavy (non-hydrogen) atoms. The van der Waals surface area contributed by atoms with Gasteiger partial charge in [0.2, 0.25) is 17.6 Å². The molecule has 1 amide bonds. The number of hydrogen-bond donors (Lipinski definition) is 1. The molecule has 2 heterocycles.